The summed E-state index contributed by atoms with van der Waals surface area (Å²) in [5.41, 5.74) is 2.51. The largest absolute Gasteiger partial charge is 0.463 e. The van der Waals surface area contributed by atoms with Gasteiger partial charge < -0.3 is 15.4 Å². The average molecular weight is 397 g/mol. The molecule has 0 saturated carbocycles. The molecular weight excluding hydrogens is 373 g/mol. The lowest BCUT2D eigenvalue weighted by atomic mass is 9.95. The molecule has 6 nitrogen and oxygen atoms in total. The summed E-state index contributed by atoms with van der Waals surface area (Å²) in [6.07, 6.45) is 0. The second-order valence-electron chi connectivity index (χ2n) is 6.85. The van der Waals surface area contributed by atoms with E-state index in [2.05, 4.69) is 10.6 Å². The fourth-order valence-corrected chi connectivity index (χ4v) is 3.32. The van der Waals surface area contributed by atoms with Crippen LogP contribution in [0, 0.1) is 5.82 Å². The zero-order valence-corrected chi connectivity index (χ0v) is 16.4. The lowest BCUT2D eigenvalue weighted by molar-refractivity contribution is -0.139. The molecule has 0 aliphatic carbocycles. The summed E-state index contributed by atoms with van der Waals surface area (Å²) in [7, 11) is 1.91. The van der Waals surface area contributed by atoms with Crippen LogP contribution in [-0.2, 0) is 16.1 Å². The molecule has 2 N–H and O–H groups in total. The van der Waals surface area contributed by atoms with Crippen molar-refractivity contribution in [1.29, 1.82) is 0 Å². The Morgan fingerprint density at radius 2 is 1.79 bits per heavy atom. The van der Waals surface area contributed by atoms with E-state index in [1.54, 1.807) is 19.1 Å². The molecular formula is C22H24FN3O3. The second kappa shape index (κ2) is 9.34. The molecule has 7 heteroatoms. The Kier molecular flexibility index (Phi) is 6.61. The first kappa shape index (κ1) is 20.5. The summed E-state index contributed by atoms with van der Waals surface area (Å²) in [6.45, 7) is 2.92. The fraction of sp³-hybridized carbons (Fsp3) is 0.273. The van der Waals surface area contributed by atoms with Crippen molar-refractivity contribution in [2.24, 2.45) is 0 Å². The molecule has 1 heterocycles. The highest BCUT2D eigenvalue weighted by Crippen LogP contribution is 2.28. The molecule has 0 aromatic heterocycles. The number of amides is 2. The van der Waals surface area contributed by atoms with Crippen LogP contribution < -0.4 is 10.6 Å². The summed E-state index contributed by atoms with van der Waals surface area (Å²) in [6, 6.07) is 14.5. The lowest BCUT2D eigenvalue weighted by Crippen LogP contribution is -2.48. The predicted octanol–water partition coefficient (Wildman–Crippen LogP) is 3.13. The number of ether oxygens (including phenoxy) is 1. The lowest BCUT2D eigenvalue weighted by Gasteiger charge is -2.31. The Labute approximate surface area is 169 Å². The van der Waals surface area contributed by atoms with Gasteiger partial charge in [-0.15, -0.1) is 0 Å². The molecule has 152 valence electrons. The molecule has 1 aliphatic rings. The van der Waals surface area contributed by atoms with Gasteiger partial charge in [0, 0.05) is 18.8 Å². The topological polar surface area (TPSA) is 70.7 Å². The number of esters is 1. The fourth-order valence-electron chi connectivity index (χ4n) is 3.32. The Bertz CT molecular complexity index is 897. The minimum Gasteiger partial charge on any atom is -0.463 e. The number of rotatable bonds is 7. The van der Waals surface area contributed by atoms with Crippen LogP contribution in [0.4, 0.5) is 9.18 Å². The Balaban J connectivity index is 1.93. The van der Waals surface area contributed by atoms with Gasteiger partial charge in [-0.2, -0.15) is 0 Å². The molecule has 1 atom stereocenters. The normalized spacial score (nSPS) is 16.4. The number of likely N-dealkylation sites (N-methyl/N-ethyl adjacent to an activating group) is 1. The van der Waals surface area contributed by atoms with E-state index in [0.29, 0.717) is 29.9 Å². The number of carbonyl (C=O) groups excluding carboxylic acids is 2. The minimum atomic E-state index is -0.719. The van der Waals surface area contributed by atoms with Crippen LogP contribution in [-0.4, -0.2) is 37.1 Å². The third kappa shape index (κ3) is 5.20. The summed E-state index contributed by atoms with van der Waals surface area (Å²) < 4.78 is 18.6. The van der Waals surface area contributed by atoms with Crippen LogP contribution in [0.15, 0.2) is 65.9 Å². The van der Waals surface area contributed by atoms with E-state index in [1.165, 1.54) is 12.1 Å². The first-order chi connectivity index (χ1) is 14.0. The Hall–Kier alpha value is -3.19. The first-order valence-corrected chi connectivity index (χ1v) is 9.43. The van der Waals surface area contributed by atoms with Gasteiger partial charge in [-0.25, -0.2) is 14.0 Å². The number of urea groups is 1. The van der Waals surface area contributed by atoms with Gasteiger partial charge in [-0.1, -0.05) is 42.5 Å². The smallest absolute Gasteiger partial charge is 0.338 e. The van der Waals surface area contributed by atoms with Crippen molar-refractivity contribution >= 4 is 12.0 Å². The molecule has 0 fully saturated rings. The van der Waals surface area contributed by atoms with Gasteiger partial charge in [0.1, 0.15) is 5.82 Å². The number of nitrogens with zero attached hydrogens (tertiary/aromatic N) is 1. The van der Waals surface area contributed by atoms with Crippen molar-refractivity contribution in [2.75, 3.05) is 20.2 Å². The molecule has 2 aromatic carbocycles. The minimum absolute atomic E-state index is 0.208. The van der Waals surface area contributed by atoms with Gasteiger partial charge in [-0.05, 0) is 37.2 Å². The Morgan fingerprint density at radius 1 is 1.10 bits per heavy atom. The third-order valence-electron chi connectivity index (χ3n) is 4.58. The van der Waals surface area contributed by atoms with Crippen molar-refractivity contribution in [1.82, 2.24) is 15.5 Å². The van der Waals surface area contributed by atoms with Crippen LogP contribution in [0.3, 0.4) is 0 Å². The molecule has 0 spiro atoms. The number of hydrogen-bond donors (Lipinski definition) is 2. The van der Waals surface area contributed by atoms with E-state index >= 15 is 0 Å². The van der Waals surface area contributed by atoms with Gasteiger partial charge >= 0.3 is 12.0 Å². The molecule has 2 aromatic rings. The van der Waals surface area contributed by atoms with E-state index in [9.17, 15) is 14.0 Å². The SMILES string of the molecule is CCOC(=O)C1=C(CN(C)Cc2ccccc2)NC(=O)N[C@H]1c1ccc(F)cc1. The molecule has 3 rings (SSSR count). The van der Waals surface area contributed by atoms with Crippen LogP contribution >= 0.6 is 0 Å². The molecule has 0 radical (unpaired) electrons. The standard InChI is InChI=1S/C22H24FN3O3/c1-3-29-21(27)19-18(14-26(2)13-15-7-5-4-6-8-15)24-22(28)25-20(19)16-9-11-17(23)12-10-16/h4-12,20H,3,13-14H2,1-2H3,(H2,24,25,28)/t20-/m0/s1. The molecule has 0 unspecified atom stereocenters. The maximum Gasteiger partial charge on any atom is 0.338 e. The average Bonchev–Trinajstić information content (AvgIpc) is 2.69. The summed E-state index contributed by atoms with van der Waals surface area (Å²) in [5.74, 6) is -0.907. The second-order valence-corrected chi connectivity index (χ2v) is 6.85. The quantitative estimate of drug-likeness (QED) is 0.705. The highest BCUT2D eigenvalue weighted by molar-refractivity contribution is 5.95. The van der Waals surface area contributed by atoms with Crippen molar-refractivity contribution in [3.8, 4) is 0 Å². The molecule has 0 bridgehead atoms. The zero-order chi connectivity index (χ0) is 20.8. The molecule has 29 heavy (non-hydrogen) atoms. The van der Waals surface area contributed by atoms with E-state index in [1.807, 2.05) is 42.3 Å². The molecule has 0 saturated heterocycles. The van der Waals surface area contributed by atoms with Crippen LogP contribution in [0.25, 0.3) is 0 Å². The van der Waals surface area contributed by atoms with Crippen molar-refractivity contribution < 1.29 is 18.7 Å². The third-order valence-corrected chi connectivity index (χ3v) is 4.58. The highest BCUT2D eigenvalue weighted by atomic mass is 19.1. The van der Waals surface area contributed by atoms with Gasteiger partial charge in [0.05, 0.1) is 18.2 Å². The highest BCUT2D eigenvalue weighted by Gasteiger charge is 2.34. The maximum absolute atomic E-state index is 13.4. The molecule has 2 amide bonds. The van der Waals surface area contributed by atoms with Crippen molar-refractivity contribution in [3.63, 3.8) is 0 Å². The number of carbonyl (C=O) groups is 2. The first-order valence-electron chi connectivity index (χ1n) is 9.43. The Morgan fingerprint density at radius 3 is 2.45 bits per heavy atom. The van der Waals surface area contributed by atoms with Crippen LogP contribution in [0.1, 0.15) is 24.1 Å². The van der Waals surface area contributed by atoms with Gasteiger partial charge in [0.25, 0.3) is 0 Å². The van der Waals surface area contributed by atoms with E-state index in [0.717, 1.165) is 5.56 Å². The summed E-state index contributed by atoms with van der Waals surface area (Å²) >= 11 is 0. The summed E-state index contributed by atoms with van der Waals surface area (Å²) in [4.78, 5) is 27.0. The van der Waals surface area contributed by atoms with Gasteiger partial charge in [-0.3, -0.25) is 4.90 Å². The predicted molar refractivity (Wildman–Crippen MR) is 107 cm³/mol. The zero-order valence-electron chi connectivity index (χ0n) is 16.4. The maximum atomic E-state index is 13.4. The molecule has 1 aliphatic heterocycles. The van der Waals surface area contributed by atoms with Crippen molar-refractivity contribution in [2.45, 2.75) is 19.5 Å². The number of halogens is 1. The number of nitrogens with one attached hydrogen (secondary N) is 2. The van der Waals surface area contributed by atoms with Gasteiger partial charge in [0.2, 0.25) is 0 Å². The van der Waals surface area contributed by atoms with Crippen molar-refractivity contribution in [3.05, 3.63) is 82.8 Å². The monoisotopic (exact) mass is 397 g/mol. The van der Waals surface area contributed by atoms with E-state index in [4.69, 9.17) is 4.74 Å². The van der Waals surface area contributed by atoms with Gasteiger partial charge in [0.15, 0.2) is 0 Å². The van der Waals surface area contributed by atoms with E-state index < -0.39 is 23.9 Å². The summed E-state index contributed by atoms with van der Waals surface area (Å²) in [5, 5.41) is 5.49. The number of benzene rings is 2. The van der Waals surface area contributed by atoms with E-state index in [-0.39, 0.29) is 6.61 Å². The van der Waals surface area contributed by atoms with Crippen LogP contribution in [0.2, 0.25) is 0 Å². The number of hydrogen-bond acceptors (Lipinski definition) is 4. The van der Waals surface area contributed by atoms with Crippen LogP contribution in [0.5, 0.6) is 0 Å².